The molecule has 0 amide bonds. The number of ketones is 1. The first kappa shape index (κ1) is 10.0. The lowest BCUT2D eigenvalue weighted by Gasteiger charge is -2.16. The maximum absolute atomic E-state index is 11.9. The standard InChI is InChI=1S/C12H14N2O/c1-9-2-4-10(5-3-9)12(15)11-8-13-6-7-14-11/h4,6-9H,2-3,5H2,1H3. The van der Waals surface area contributed by atoms with Crippen LogP contribution < -0.4 is 0 Å². The summed E-state index contributed by atoms with van der Waals surface area (Å²) in [4.78, 5) is 19.9. The van der Waals surface area contributed by atoms with Crippen LogP contribution in [0.2, 0.25) is 0 Å². The fourth-order valence-electron chi connectivity index (χ4n) is 1.75. The molecule has 0 spiro atoms. The fourth-order valence-corrected chi connectivity index (χ4v) is 1.75. The SMILES string of the molecule is CC1CC=C(C(=O)c2cnccn2)CC1. The minimum Gasteiger partial charge on any atom is -0.287 e. The van der Waals surface area contributed by atoms with E-state index in [4.69, 9.17) is 0 Å². The van der Waals surface area contributed by atoms with Gasteiger partial charge in [-0.25, -0.2) is 4.98 Å². The molecule has 0 bridgehead atoms. The van der Waals surface area contributed by atoms with Crippen molar-refractivity contribution in [1.29, 1.82) is 0 Å². The van der Waals surface area contributed by atoms with E-state index in [0.29, 0.717) is 11.6 Å². The smallest absolute Gasteiger partial charge is 0.208 e. The highest BCUT2D eigenvalue weighted by atomic mass is 16.1. The number of aromatic nitrogens is 2. The molecule has 0 saturated carbocycles. The van der Waals surface area contributed by atoms with Crippen LogP contribution in [0.4, 0.5) is 0 Å². The summed E-state index contributed by atoms with van der Waals surface area (Å²) < 4.78 is 0. The second kappa shape index (κ2) is 4.34. The van der Waals surface area contributed by atoms with Gasteiger partial charge >= 0.3 is 0 Å². The van der Waals surface area contributed by atoms with Gasteiger partial charge in [0.15, 0.2) is 0 Å². The van der Waals surface area contributed by atoms with Gasteiger partial charge in [0, 0.05) is 12.4 Å². The Balaban J connectivity index is 2.16. The number of allylic oxidation sites excluding steroid dienone is 2. The molecule has 1 atom stereocenters. The highest BCUT2D eigenvalue weighted by Gasteiger charge is 2.18. The van der Waals surface area contributed by atoms with E-state index in [2.05, 4.69) is 16.9 Å². The van der Waals surface area contributed by atoms with Crippen molar-refractivity contribution in [2.45, 2.75) is 26.2 Å². The summed E-state index contributed by atoms with van der Waals surface area (Å²) in [5.74, 6) is 0.735. The number of hydrogen-bond acceptors (Lipinski definition) is 3. The van der Waals surface area contributed by atoms with Gasteiger partial charge in [0.25, 0.3) is 0 Å². The molecule has 78 valence electrons. The van der Waals surface area contributed by atoms with E-state index in [-0.39, 0.29) is 5.78 Å². The average Bonchev–Trinajstić information content (AvgIpc) is 2.30. The van der Waals surface area contributed by atoms with E-state index in [0.717, 1.165) is 24.8 Å². The maximum Gasteiger partial charge on any atom is 0.208 e. The molecule has 0 radical (unpaired) electrons. The predicted molar refractivity (Wildman–Crippen MR) is 57.5 cm³/mol. The van der Waals surface area contributed by atoms with Gasteiger partial charge in [-0.2, -0.15) is 0 Å². The molecule has 0 saturated heterocycles. The maximum atomic E-state index is 11.9. The molecular weight excluding hydrogens is 188 g/mol. The normalized spacial score (nSPS) is 20.9. The molecule has 1 aliphatic rings. The molecular formula is C12H14N2O. The zero-order chi connectivity index (χ0) is 10.7. The van der Waals surface area contributed by atoms with Crippen molar-refractivity contribution in [2.75, 3.05) is 0 Å². The van der Waals surface area contributed by atoms with Gasteiger partial charge in [0.2, 0.25) is 5.78 Å². The van der Waals surface area contributed by atoms with Crippen molar-refractivity contribution in [3.63, 3.8) is 0 Å². The largest absolute Gasteiger partial charge is 0.287 e. The lowest BCUT2D eigenvalue weighted by Crippen LogP contribution is -2.11. The second-order valence-electron chi connectivity index (χ2n) is 4.03. The number of Topliss-reactive ketones (excluding diaryl/α,β-unsaturated/α-hetero) is 1. The van der Waals surface area contributed by atoms with Crippen LogP contribution in [0.15, 0.2) is 30.2 Å². The van der Waals surface area contributed by atoms with Crippen LogP contribution >= 0.6 is 0 Å². The molecule has 3 heteroatoms. The summed E-state index contributed by atoms with van der Waals surface area (Å²) in [5, 5.41) is 0. The van der Waals surface area contributed by atoms with Gasteiger partial charge in [0.05, 0.1) is 6.20 Å². The van der Waals surface area contributed by atoms with E-state index in [9.17, 15) is 4.79 Å². The van der Waals surface area contributed by atoms with Gasteiger partial charge in [-0.3, -0.25) is 9.78 Å². The van der Waals surface area contributed by atoms with Crippen molar-refractivity contribution in [2.24, 2.45) is 5.92 Å². The quantitative estimate of drug-likeness (QED) is 0.691. The first-order valence-electron chi connectivity index (χ1n) is 5.27. The third kappa shape index (κ3) is 2.29. The van der Waals surface area contributed by atoms with Crippen molar-refractivity contribution < 1.29 is 4.79 Å². The summed E-state index contributed by atoms with van der Waals surface area (Å²) >= 11 is 0. The summed E-state index contributed by atoms with van der Waals surface area (Å²) in [7, 11) is 0. The third-order valence-electron chi connectivity index (χ3n) is 2.76. The van der Waals surface area contributed by atoms with Crippen molar-refractivity contribution in [1.82, 2.24) is 9.97 Å². The van der Waals surface area contributed by atoms with Crippen LogP contribution in [0.5, 0.6) is 0 Å². The Morgan fingerprint density at radius 1 is 1.47 bits per heavy atom. The summed E-state index contributed by atoms with van der Waals surface area (Å²) in [6.07, 6.45) is 9.68. The van der Waals surface area contributed by atoms with Crippen LogP contribution in [0, 0.1) is 5.92 Å². The molecule has 15 heavy (non-hydrogen) atoms. The molecule has 1 unspecified atom stereocenters. The monoisotopic (exact) mass is 202 g/mol. The Labute approximate surface area is 89.3 Å². The minimum absolute atomic E-state index is 0.0370. The number of hydrogen-bond donors (Lipinski definition) is 0. The molecule has 2 rings (SSSR count). The molecule has 1 aromatic heterocycles. The first-order chi connectivity index (χ1) is 7.27. The van der Waals surface area contributed by atoms with Crippen LogP contribution in [-0.4, -0.2) is 15.8 Å². The lowest BCUT2D eigenvalue weighted by atomic mass is 9.88. The van der Waals surface area contributed by atoms with Gasteiger partial charge in [-0.1, -0.05) is 13.0 Å². The molecule has 1 aromatic rings. The minimum atomic E-state index is 0.0370. The molecule has 0 fully saturated rings. The summed E-state index contributed by atoms with van der Waals surface area (Å²) in [6.45, 7) is 2.21. The van der Waals surface area contributed by atoms with Crippen molar-refractivity contribution in [3.8, 4) is 0 Å². The number of rotatable bonds is 2. The summed E-state index contributed by atoms with van der Waals surface area (Å²) in [5.41, 5.74) is 1.35. The van der Waals surface area contributed by atoms with E-state index >= 15 is 0 Å². The molecule has 1 heterocycles. The van der Waals surface area contributed by atoms with Crippen LogP contribution in [0.3, 0.4) is 0 Å². The molecule has 0 N–H and O–H groups in total. The van der Waals surface area contributed by atoms with Gasteiger partial charge in [0.1, 0.15) is 5.69 Å². The zero-order valence-electron chi connectivity index (χ0n) is 8.81. The van der Waals surface area contributed by atoms with Crippen LogP contribution in [0.1, 0.15) is 36.7 Å². The zero-order valence-corrected chi connectivity index (χ0v) is 8.81. The van der Waals surface area contributed by atoms with E-state index in [1.807, 2.05) is 6.08 Å². The van der Waals surface area contributed by atoms with Crippen molar-refractivity contribution >= 4 is 5.78 Å². The van der Waals surface area contributed by atoms with Gasteiger partial charge < -0.3 is 0 Å². The predicted octanol–water partition coefficient (Wildman–Crippen LogP) is 2.41. The van der Waals surface area contributed by atoms with Gasteiger partial charge in [-0.15, -0.1) is 0 Å². The highest BCUT2D eigenvalue weighted by Crippen LogP contribution is 2.24. The molecule has 3 nitrogen and oxygen atoms in total. The Hall–Kier alpha value is -1.51. The Morgan fingerprint density at radius 3 is 2.93 bits per heavy atom. The lowest BCUT2D eigenvalue weighted by molar-refractivity contribution is 0.102. The number of carbonyl (C=O) groups is 1. The van der Waals surface area contributed by atoms with Crippen LogP contribution in [-0.2, 0) is 0 Å². The molecule has 0 aromatic carbocycles. The Bertz CT molecular complexity index is 384. The van der Waals surface area contributed by atoms with Crippen LogP contribution in [0.25, 0.3) is 0 Å². The number of nitrogens with zero attached hydrogens (tertiary/aromatic N) is 2. The van der Waals surface area contributed by atoms with Gasteiger partial charge in [-0.05, 0) is 30.8 Å². The van der Waals surface area contributed by atoms with E-state index in [1.165, 1.54) is 6.20 Å². The van der Waals surface area contributed by atoms with E-state index in [1.54, 1.807) is 12.4 Å². The van der Waals surface area contributed by atoms with Crippen molar-refractivity contribution in [3.05, 3.63) is 35.9 Å². The molecule has 0 aliphatic heterocycles. The first-order valence-corrected chi connectivity index (χ1v) is 5.27. The molecule has 1 aliphatic carbocycles. The summed E-state index contributed by atoms with van der Waals surface area (Å²) in [6, 6.07) is 0. The number of carbonyl (C=O) groups excluding carboxylic acids is 1. The average molecular weight is 202 g/mol. The topological polar surface area (TPSA) is 42.9 Å². The Kier molecular flexibility index (Phi) is 2.90. The fraction of sp³-hybridized carbons (Fsp3) is 0.417. The second-order valence-corrected chi connectivity index (χ2v) is 4.03. The Morgan fingerprint density at radius 2 is 2.33 bits per heavy atom. The highest BCUT2D eigenvalue weighted by molar-refractivity contribution is 6.07. The van der Waals surface area contributed by atoms with E-state index < -0.39 is 0 Å². The third-order valence-corrected chi connectivity index (χ3v) is 2.76.